The van der Waals surface area contributed by atoms with Crippen LogP contribution in [-0.4, -0.2) is 35.5 Å². The Morgan fingerprint density at radius 1 is 0.860 bits per heavy atom. The molecule has 1 fully saturated rings. The molecule has 0 unspecified atom stereocenters. The maximum atomic E-state index is 14.9. The van der Waals surface area contributed by atoms with Crippen LogP contribution in [0.4, 0.5) is 5.69 Å². The number of ketones is 2. The summed E-state index contributed by atoms with van der Waals surface area (Å²) in [6, 6.07) is 28.6. The minimum atomic E-state index is -1.34. The van der Waals surface area contributed by atoms with E-state index in [1.807, 2.05) is 90.0 Å². The largest absolute Gasteiger partial charge is 0.497 e. The topological polar surface area (TPSA) is 75.7 Å². The van der Waals surface area contributed by atoms with Crippen molar-refractivity contribution in [1.29, 1.82) is 0 Å². The lowest BCUT2D eigenvalue weighted by Gasteiger charge is -2.38. The van der Waals surface area contributed by atoms with Crippen molar-refractivity contribution in [3.05, 3.63) is 137 Å². The molecule has 4 aromatic carbocycles. The van der Waals surface area contributed by atoms with Crippen LogP contribution in [0.2, 0.25) is 0 Å². The summed E-state index contributed by atoms with van der Waals surface area (Å²) in [5, 5.41) is 3.10. The lowest BCUT2D eigenvalue weighted by molar-refractivity contribution is -0.122. The number of fused-ring (bicyclic) bond motifs is 6. The van der Waals surface area contributed by atoms with Gasteiger partial charge in [-0.1, -0.05) is 80.1 Å². The number of benzene rings is 4. The van der Waals surface area contributed by atoms with Crippen LogP contribution in [0.25, 0.3) is 6.08 Å². The summed E-state index contributed by atoms with van der Waals surface area (Å²) in [6.45, 7) is 2.12. The molecule has 6 nitrogen and oxygen atoms in total. The summed E-state index contributed by atoms with van der Waals surface area (Å²) >= 11 is 0. The molecule has 4 aromatic rings. The van der Waals surface area contributed by atoms with Crippen molar-refractivity contribution in [1.82, 2.24) is 4.90 Å². The maximum Gasteiger partial charge on any atom is 0.238 e. The summed E-state index contributed by atoms with van der Waals surface area (Å²) in [7, 11) is 1.58. The highest BCUT2D eigenvalue weighted by Gasteiger charge is 2.70. The average molecular weight is 569 g/mol. The molecule has 1 N–H and O–H groups in total. The van der Waals surface area contributed by atoms with E-state index in [0.717, 1.165) is 35.1 Å². The van der Waals surface area contributed by atoms with Crippen molar-refractivity contribution in [2.24, 2.45) is 5.92 Å². The fourth-order valence-corrected chi connectivity index (χ4v) is 7.40. The molecule has 1 spiro atoms. The number of aryl methyl sites for hydroxylation is 1. The van der Waals surface area contributed by atoms with E-state index in [1.54, 1.807) is 31.4 Å². The summed E-state index contributed by atoms with van der Waals surface area (Å²) in [4.78, 5) is 46.1. The molecule has 43 heavy (non-hydrogen) atoms. The zero-order chi connectivity index (χ0) is 29.7. The summed E-state index contributed by atoms with van der Waals surface area (Å²) in [6.07, 6.45) is 5.77. The van der Waals surface area contributed by atoms with Gasteiger partial charge >= 0.3 is 0 Å². The van der Waals surface area contributed by atoms with E-state index in [2.05, 4.69) is 12.2 Å². The number of nitrogens with zero attached hydrogens (tertiary/aromatic N) is 1. The second-order valence-corrected chi connectivity index (χ2v) is 11.5. The van der Waals surface area contributed by atoms with Gasteiger partial charge in [0.25, 0.3) is 0 Å². The predicted molar refractivity (Wildman–Crippen MR) is 166 cm³/mol. The molecule has 0 saturated carbocycles. The van der Waals surface area contributed by atoms with Gasteiger partial charge in [0.1, 0.15) is 17.2 Å². The first-order valence-electron chi connectivity index (χ1n) is 14.8. The molecule has 1 saturated heterocycles. The van der Waals surface area contributed by atoms with Crippen molar-refractivity contribution in [3.63, 3.8) is 0 Å². The number of para-hydroxylation sites is 1. The normalized spacial score (nSPS) is 23.0. The number of carbonyl (C=O) groups is 3. The van der Waals surface area contributed by atoms with E-state index in [4.69, 9.17) is 4.74 Å². The van der Waals surface area contributed by atoms with Crippen LogP contribution in [0, 0.1) is 5.92 Å². The highest BCUT2D eigenvalue weighted by atomic mass is 16.5. The molecule has 0 aliphatic carbocycles. The molecule has 3 aliphatic heterocycles. The highest BCUT2D eigenvalue weighted by Crippen LogP contribution is 2.62. The minimum absolute atomic E-state index is 0.216. The number of methoxy groups -OCH3 is 1. The molecule has 0 bridgehead atoms. The second kappa shape index (κ2) is 10.4. The van der Waals surface area contributed by atoms with Crippen LogP contribution in [0.5, 0.6) is 5.75 Å². The van der Waals surface area contributed by atoms with E-state index in [0.29, 0.717) is 22.6 Å². The Morgan fingerprint density at radius 3 is 2.28 bits per heavy atom. The zero-order valence-electron chi connectivity index (χ0n) is 24.1. The molecular weight excluding hydrogens is 536 g/mol. The van der Waals surface area contributed by atoms with Gasteiger partial charge in [0, 0.05) is 23.0 Å². The van der Waals surface area contributed by atoms with E-state index < -0.39 is 23.4 Å². The zero-order valence-corrected chi connectivity index (χ0v) is 24.1. The monoisotopic (exact) mass is 568 g/mol. The lowest BCUT2D eigenvalue weighted by Crippen LogP contribution is -2.49. The Balaban J connectivity index is 1.48. The summed E-state index contributed by atoms with van der Waals surface area (Å²) in [5.74, 6) is -1.06. The predicted octanol–water partition coefficient (Wildman–Crippen LogP) is 6.63. The van der Waals surface area contributed by atoms with Crippen molar-refractivity contribution < 1.29 is 19.1 Å². The van der Waals surface area contributed by atoms with Crippen molar-refractivity contribution in [2.45, 2.75) is 37.3 Å². The van der Waals surface area contributed by atoms with E-state index in [-0.39, 0.29) is 17.5 Å². The number of Topliss-reactive ketones (excluding diaryl/α,β-unsaturated/α-hetero) is 2. The SMILES string of the molecule is CCCc1ccc(C(=O)[C@@H]2[C@H](C(=O)c3ccc(OC)cc3)N3C=Cc4ccccc4[C@H]3[C@]23C(=O)Nc2ccccc23)cc1. The van der Waals surface area contributed by atoms with Gasteiger partial charge in [0.05, 0.1) is 19.1 Å². The lowest BCUT2D eigenvalue weighted by atomic mass is 9.62. The number of ether oxygens (including phenoxy) is 1. The number of hydrogen-bond donors (Lipinski definition) is 1. The first kappa shape index (κ1) is 26.9. The van der Waals surface area contributed by atoms with Crippen molar-refractivity contribution in [2.75, 3.05) is 12.4 Å². The Kier molecular flexibility index (Phi) is 6.50. The van der Waals surface area contributed by atoms with E-state index in [1.165, 1.54) is 0 Å². The van der Waals surface area contributed by atoms with Crippen LogP contribution in [0.3, 0.4) is 0 Å². The molecule has 214 valence electrons. The summed E-state index contributed by atoms with van der Waals surface area (Å²) < 4.78 is 5.33. The van der Waals surface area contributed by atoms with Gasteiger partial charge in [-0.15, -0.1) is 0 Å². The number of rotatable bonds is 7. The minimum Gasteiger partial charge on any atom is -0.497 e. The van der Waals surface area contributed by atoms with Crippen molar-refractivity contribution >= 4 is 29.2 Å². The Hall–Kier alpha value is -4.97. The van der Waals surface area contributed by atoms with Crippen LogP contribution >= 0.6 is 0 Å². The van der Waals surface area contributed by atoms with Gasteiger partial charge in [0.15, 0.2) is 11.6 Å². The molecule has 0 radical (unpaired) electrons. The molecule has 3 aliphatic rings. The van der Waals surface area contributed by atoms with E-state index >= 15 is 0 Å². The van der Waals surface area contributed by atoms with Gasteiger partial charge < -0.3 is 15.0 Å². The fourth-order valence-electron chi connectivity index (χ4n) is 7.40. The average Bonchev–Trinajstić information content (AvgIpc) is 3.53. The fraction of sp³-hybridized carbons (Fsp3) is 0.216. The molecule has 3 heterocycles. The third kappa shape index (κ3) is 3.97. The van der Waals surface area contributed by atoms with Gasteiger partial charge in [-0.3, -0.25) is 14.4 Å². The molecule has 1 amide bonds. The molecular formula is C37H32N2O4. The molecule has 0 aromatic heterocycles. The van der Waals surface area contributed by atoms with Crippen LogP contribution in [0.15, 0.2) is 103 Å². The second-order valence-electron chi connectivity index (χ2n) is 11.5. The van der Waals surface area contributed by atoms with Gasteiger partial charge in [-0.2, -0.15) is 0 Å². The summed E-state index contributed by atoms with van der Waals surface area (Å²) in [5.41, 5.74) is 4.04. The number of anilines is 1. The first-order valence-corrected chi connectivity index (χ1v) is 14.8. The Bertz CT molecular complexity index is 1780. The standard InChI is InChI=1S/C37H32N2O4/c1-3-8-23-13-15-25(16-14-23)33(40)31-32(34(41)26-17-19-27(43-2)20-18-26)39-22-21-24-9-4-5-10-28(24)35(39)37(31)29-11-6-7-12-30(29)38-36(37)42/h4-7,9-22,31-32,35H,3,8H2,1-2H3,(H,38,42)/t31-,32+,35-,37+/m0/s1. The van der Waals surface area contributed by atoms with Gasteiger partial charge in [-0.25, -0.2) is 0 Å². The number of hydrogen-bond acceptors (Lipinski definition) is 5. The Morgan fingerprint density at radius 2 is 1.53 bits per heavy atom. The quantitative estimate of drug-likeness (QED) is 0.253. The smallest absolute Gasteiger partial charge is 0.238 e. The van der Waals surface area contributed by atoms with Gasteiger partial charge in [0.2, 0.25) is 5.91 Å². The molecule has 7 rings (SSSR count). The highest BCUT2D eigenvalue weighted by molar-refractivity contribution is 6.16. The van der Waals surface area contributed by atoms with Gasteiger partial charge in [-0.05, 0) is 65.1 Å². The first-order chi connectivity index (χ1) is 21.0. The molecule has 4 atom stereocenters. The van der Waals surface area contributed by atoms with Crippen LogP contribution in [0.1, 0.15) is 62.4 Å². The Labute approximate surface area is 251 Å². The maximum absolute atomic E-state index is 14.9. The third-order valence-corrected chi connectivity index (χ3v) is 9.27. The van der Waals surface area contributed by atoms with E-state index in [9.17, 15) is 14.4 Å². The number of nitrogens with one attached hydrogen (secondary N) is 1. The number of carbonyl (C=O) groups excluding carboxylic acids is 3. The number of amides is 1. The van der Waals surface area contributed by atoms with Crippen LogP contribution < -0.4 is 10.1 Å². The van der Waals surface area contributed by atoms with Crippen molar-refractivity contribution in [3.8, 4) is 5.75 Å². The van der Waals surface area contributed by atoms with Crippen LogP contribution in [-0.2, 0) is 16.6 Å². The third-order valence-electron chi connectivity index (χ3n) is 9.27. The molecule has 6 heteroatoms.